The SMILES string of the molecule is O=C(NCc1ccccn1)c1cn(CCCCc2cc3c(nn2)CC(C2CC2)=C3c2cccc(Cl)c2)nn1. The summed E-state index contributed by atoms with van der Waals surface area (Å²) in [6.45, 7) is 1.03. The van der Waals surface area contributed by atoms with Gasteiger partial charge in [-0.1, -0.05) is 40.6 Å². The van der Waals surface area contributed by atoms with Gasteiger partial charge in [-0.15, -0.1) is 5.10 Å². The molecule has 0 unspecified atom stereocenters. The van der Waals surface area contributed by atoms with Crippen LogP contribution in [0.4, 0.5) is 0 Å². The van der Waals surface area contributed by atoms with Crippen molar-refractivity contribution in [1.29, 1.82) is 0 Å². The second kappa shape index (κ2) is 10.8. The fourth-order valence-electron chi connectivity index (χ4n) is 4.99. The summed E-state index contributed by atoms with van der Waals surface area (Å²) in [6.07, 6.45) is 9.43. The number of hydrogen-bond acceptors (Lipinski definition) is 6. The van der Waals surface area contributed by atoms with E-state index in [-0.39, 0.29) is 5.91 Å². The van der Waals surface area contributed by atoms with Crippen LogP contribution < -0.4 is 5.32 Å². The van der Waals surface area contributed by atoms with Crippen LogP contribution in [-0.4, -0.2) is 36.1 Å². The van der Waals surface area contributed by atoms with Gasteiger partial charge in [0.1, 0.15) is 0 Å². The normalized spacial score (nSPS) is 14.6. The van der Waals surface area contributed by atoms with E-state index in [0.29, 0.717) is 24.7 Å². The van der Waals surface area contributed by atoms with E-state index >= 15 is 0 Å². The summed E-state index contributed by atoms with van der Waals surface area (Å²) in [5.74, 6) is 0.399. The minimum Gasteiger partial charge on any atom is -0.345 e. The summed E-state index contributed by atoms with van der Waals surface area (Å²) in [5.41, 5.74) is 8.33. The van der Waals surface area contributed by atoms with Crippen molar-refractivity contribution in [2.45, 2.75) is 51.6 Å². The first-order chi connectivity index (χ1) is 18.6. The summed E-state index contributed by atoms with van der Waals surface area (Å²) in [4.78, 5) is 16.6. The highest BCUT2D eigenvalue weighted by Gasteiger charge is 2.35. The van der Waals surface area contributed by atoms with Gasteiger partial charge in [0.05, 0.1) is 29.8 Å². The maximum absolute atomic E-state index is 12.4. The third kappa shape index (κ3) is 5.50. The lowest BCUT2D eigenvalue weighted by atomic mass is 9.96. The van der Waals surface area contributed by atoms with E-state index in [4.69, 9.17) is 11.6 Å². The Balaban J connectivity index is 1.05. The van der Waals surface area contributed by atoms with E-state index in [1.54, 1.807) is 17.1 Å². The number of unbranched alkanes of at least 4 members (excludes halogenated alkanes) is 1. The van der Waals surface area contributed by atoms with E-state index in [9.17, 15) is 4.79 Å². The molecule has 0 saturated heterocycles. The molecule has 4 aromatic rings. The van der Waals surface area contributed by atoms with Crippen LogP contribution >= 0.6 is 11.6 Å². The van der Waals surface area contributed by atoms with Crippen molar-refractivity contribution in [2.24, 2.45) is 5.92 Å². The van der Waals surface area contributed by atoms with Crippen LogP contribution in [0.15, 0.2) is 66.5 Å². The molecule has 0 radical (unpaired) electrons. The van der Waals surface area contributed by atoms with Crippen molar-refractivity contribution in [3.63, 3.8) is 0 Å². The van der Waals surface area contributed by atoms with Crippen LogP contribution in [0.25, 0.3) is 5.57 Å². The Morgan fingerprint density at radius 2 is 1.95 bits per heavy atom. The summed E-state index contributed by atoms with van der Waals surface area (Å²) in [7, 11) is 0. The van der Waals surface area contributed by atoms with Gasteiger partial charge < -0.3 is 5.32 Å². The van der Waals surface area contributed by atoms with Crippen LogP contribution in [0.3, 0.4) is 0 Å². The molecule has 9 heteroatoms. The first-order valence-corrected chi connectivity index (χ1v) is 13.4. The van der Waals surface area contributed by atoms with Crippen molar-refractivity contribution in [3.05, 3.63) is 105 Å². The second-order valence-electron chi connectivity index (χ2n) is 9.89. The van der Waals surface area contributed by atoms with Crippen molar-refractivity contribution >= 4 is 23.1 Å². The highest BCUT2D eigenvalue weighted by Crippen LogP contribution is 2.48. The van der Waals surface area contributed by atoms with Crippen LogP contribution in [0.2, 0.25) is 5.02 Å². The fourth-order valence-corrected chi connectivity index (χ4v) is 5.18. The zero-order valence-electron chi connectivity index (χ0n) is 21.0. The molecule has 0 aliphatic heterocycles. The summed E-state index contributed by atoms with van der Waals surface area (Å²) >= 11 is 6.33. The van der Waals surface area contributed by atoms with Crippen LogP contribution in [0, 0.1) is 5.92 Å². The largest absolute Gasteiger partial charge is 0.345 e. The first-order valence-electron chi connectivity index (χ1n) is 13.1. The highest BCUT2D eigenvalue weighted by molar-refractivity contribution is 6.30. The van der Waals surface area contributed by atoms with E-state index in [0.717, 1.165) is 47.8 Å². The predicted octanol–water partition coefficient (Wildman–Crippen LogP) is 4.84. The zero-order valence-corrected chi connectivity index (χ0v) is 21.7. The van der Waals surface area contributed by atoms with Gasteiger partial charge in [0.15, 0.2) is 5.69 Å². The molecule has 3 aromatic heterocycles. The molecule has 1 N–H and O–H groups in total. The lowest BCUT2D eigenvalue weighted by Gasteiger charge is -2.10. The highest BCUT2D eigenvalue weighted by atomic mass is 35.5. The number of amides is 1. The van der Waals surface area contributed by atoms with E-state index in [1.807, 2.05) is 30.3 Å². The molecule has 1 aromatic carbocycles. The van der Waals surface area contributed by atoms with E-state index < -0.39 is 0 Å². The van der Waals surface area contributed by atoms with E-state index in [1.165, 1.54) is 35.1 Å². The predicted molar refractivity (Wildman–Crippen MR) is 144 cm³/mol. The number of hydrogen-bond donors (Lipinski definition) is 1. The molecule has 0 spiro atoms. The molecule has 1 fully saturated rings. The lowest BCUT2D eigenvalue weighted by Crippen LogP contribution is -2.23. The van der Waals surface area contributed by atoms with Crippen molar-refractivity contribution < 1.29 is 4.79 Å². The molecule has 6 rings (SSSR count). The van der Waals surface area contributed by atoms with Crippen LogP contribution in [0.1, 0.15) is 64.4 Å². The Kier molecular flexibility index (Phi) is 6.96. The Hall–Kier alpha value is -3.91. The Labute approximate surface area is 226 Å². The maximum Gasteiger partial charge on any atom is 0.273 e. The molecule has 1 saturated carbocycles. The number of aromatic nitrogens is 6. The molecule has 2 aliphatic carbocycles. The Morgan fingerprint density at radius 3 is 2.76 bits per heavy atom. The third-order valence-corrected chi connectivity index (χ3v) is 7.29. The number of allylic oxidation sites excluding steroid dienone is 1. The van der Waals surface area contributed by atoms with Gasteiger partial charge in [-0.05, 0) is 79.5 Å². The molecule has 8 nitrogen and oxygen atoms in total. The molecule has 3 heterocycles. The Bertz CT molecular complexity index is 1490. The monoisotopic (exact) mass is 525 g/mol. The molecule has 0 atom stereocenters. The minimum absolute atomic E-state index is 0.260. The smallest absolute Gasteiger partial charge is 0.273 e. The lowest BCUT2D eigenvalue weighted by molar-refractivity contribution is 0.0945. The number of rotatable bonds is 10. The fraction of sp³-hybridized carbons (Fsp3) is 0.310. The molecule has 38 heavy (non-hydrogen) atoms. The number of pyridine rings is 1. The quantitative estimate of drug-likeness (QED) is 0.297. The standard InChI is InChI=1S/C29H28ClN7O/c30-21-7-5-6-20(14-21)28-24(19-10-11-19)16-26-25(28)15-22(33-34-26)8-2-4-13-37-18-27(35-36-37)29(38)32-17-23-9-1-3-12-31-23/h1,3,5-7,9,12,14-15,18-19H,2,4,8,10-11,13,16-17H2,(H,32,38). The third-order valence-electron chi connectivity index (χ3n) is 7.05. The van der Waals surface area contributed by atoms with Gasteiger partial charge >= 0.3 is 0 Å². The first kappa shape index (κ1) is 24.4. The number of halogens is 1. The number of carbonyl (C=O) groups is 1. The number of aryl methyl sites for hydroxylation is 2. The molecular weight excluding hydrogens is 498 g/mol. The zero-order chi connectivity index (χ0) is 25.9. The van der Waals surface area contributed by atoms with Crippen molar-refractivity contribution in [1.82, 2.24) is 35.5 Å². The number of nitrogens with one attached hydrogen (secondary N) is 1. The molecule has 0 bridgehead atoms. The van der Waals surface area contributed by atoms with Gasteiger partial charge in [0, 0.05) is 29.7 Å². The average molecular weight is 526 g/mol. The van der Waals surface area contributed by atoms with Crippen molar-refractivity contribution in [3.8, 4) is 0 Å². The minimum atomic E-state index is -0.260. The van der Waals surface area contributed by atoms with Gasteiger partial charge in [-0.2, -0.15) is 10.2 Å². The summed E-state index contributed by atoms with van der Waals surface area (Å²) in [6, 6.07) is 15.9. The van der Waals surface area contributed by atoms with E-state index in [2.05, 4.69) is 49.0 Å². The van der Waals surface area contributed by atoms with Crippen molar-refractivity contribution in [2.75, 3.05) is 0 Å². The second-order valence-corrected chi connectivity index (χ2v) is 10.3. The maximum atomic E-state index is 12.4. The number of carbonyl (C=O) groups excluding carboxylic acids is 1. The molecule has 1 amide bonds. The van der Waals surface area contributed by atoms with Gasteiger partial charge in [-0.3, -0.25) is 14.5 Å². The summed E-state index contributed by atoms with van der Waals surface area (Å²) in [5, 5.41) is 20.9. The topological polar surface area (TPSA) is 98.5 Å². The number of benzene rings is 1. The van der Waals surface area contributed by atoms with Crippen LogP contribution in [-0.2, 0) is 25.9 Å². The number of fused-ring (bicyclic) bond motifs is 1. The Morgan fingerprint density at radius 1 is 1.03 bits per heavy atom. The van der Waals surface area contributed by atoms with Gasteiger partial charge in [0.2, 0.25) is 0 Å². The average Bonchev–Trinajstić information content (AvgIpc) is 3.55. The molecular formula is C29H28ClN7O. The van der Waals surface area contributed by atoms with Crippen LogP contribution in [0.5, 0.6) is 0 Å². The summed E-state index contributed by atoms with van der Waals surface area (Å²) < 4.78 is 1.71. The molecule has 2 aliphatic rings. The van der Waals surface area contributed by atoms with Gasteiger partial charge in [0.25, 0.3) is 5.91 Å². The number of nitrogens with zero attached hydrogens (tertiary/aromatic N) is 6. The van der Waals surface area contributed by atoms with Gasteiger partial charge in [-0.25, -0.2) is 0 Å². The molecule has 192 valence electrons.